The van der Waals surface area contributed by atoms with Crippen LogP contribution in [0.5, 0.6) is 5.75 Å². The lowest BCUT2D eigenvalue weighted by molar-refractivity contribution is 0.413. The first kappa shape index (κ1) is 17.8. The molecule has 0 unspecified atom stereocenters. The molecule has 0 aliphatic carbocycles. The van der Waals surface area contributed by atoms with Gasteiger partial charge in [0.2, 0.25) is 0 Å². The van der Waals surface area contributed by atoms with Gasteiger partial charge < -0.3 is 5.11 Å². The minimum atomic E-state index is -0.270. The maximum Gasteiger partial charge on any atom is 0.127 e. The molecule has 0 amide bonds. The van der Waals surface area contributed by atoms with Gasteiger partial charge in [-0.25, -0.2) is 0 Å². The van der Waals surface area contributed by atoms with Gasteiger partial charge >= 0.3 is 0 Å². The molecule has 27 heavy (non-hydrogen) atoms. The molecule has 1 aliphatic heterocycles. The molecule has 3 aromatic rings. The third kappa shape index (κ3) is 3.75. The second kappa shape index (κ2) is 7.55. The molecule has 0 fully saturated rings. The molecule has 0 spiro atoms. The number of rotatable bonds is 3. The van der Waals surface area contributed by atoms with Crippen LogP contribution in [0.4, 0.5) is 0 Å². The Morgan fingerprint density at radius 1 is 0.926 bits per heavy atom. The van der Waals surface area contributed by atoms with Crippen molar-refractivity contribution in [3.05, 3.63) is 100 Å². The summed E-state index contributed by atoms with van der Waals surface area (Å²) in [6.07, 6.45) is 0.426. The number of nitrogens with one attached hydrogen (secondary N) is 1. The van der Waals surface area contributed by atoms with Crippen molar-refractivity contribution in [2.75, 3.05) is 0 Å². The van der Waals surface area contributed by atoms with Crippen molar-refractivity contribution in [3.63, 3.8) is 0 Å². The summed E-state index contributed by atoms with van der Waals surface area (Å²) < 4.78 is 0. The van der Waals surface area contributed by atoms with E-state index in [-0.39, 0.29) is 18.0 Å². The second-order valence-electron chi connectivity index (χ2n) is 6.85. The third-order valence-corrected chi connectivity index (χ3v) is 5.28. The number of aryl methyl sites for hydroxylation is 1. The highest BCUT2D eigenvalue weighted by Crippen LogP contribution is 2.35. The molecule has 0 aromatic heterocycles. The molecule has 2 atom stereocenters. The highest BCUT2D eigenvalue weighted by molar-refractivity contribution is 6.31. The van der Waals surface area contributed by atoms with E-state index in [2.05, 4.69) is 36.5 Å². The van der Waals surface area contributed by atoms with Gasteiger partial charge in [-0.05, 0) is 24.6 Å². The molecule has 2 N–H and O–H groups in total. The van der Waals surface area contributed by atoms with Gasteiger partial charge in [-0.2, -0.15) is 0 Å². The highest BCUT2D eigenvalue weighted by atomic mass is 35.5. The van der Waals surface area contributed by atoms with E-state index in [0.717, 1.165) is 22.4 Å². The van der Waals surface area contributed by atoms with E-state index in [1.165, 1.54) is 5.56 Å². The SMILES string of the molecule is Cc1ccc(C2=N[C@@H](c3ccccc3Cl)N[C@@H](c3ccccc3O)C2)cc1. The molecule has 136 valence electrons. The monoisotopic (exact) mass is 376 g/mol. The lowest BCUT2D eigenvalue weighted by Crippen LogP contribution is -2.33. The summed E-state index contributed by atoms with van der Waals surface area (Å²) in [5.74, 6) is 0.290. The van der Waals surface area contributed by atoms with Crippen LogP contribution in [0.3, 0.4) is 0 Å². The topological polar surface area (TPSA) is 44.6 Å². The molecule has 4 rings (SSSR count). The van der Waals surface area contributed by atoms with Gasteiger partial charge in [-0.1, -0.05) is 77.8 Å². The van der Waals surface area contributed by atoms with Crippen LogP contribution in [0.15, 0.2) is 77.8 Å². The van der Waals surface area contributed by atoms with E-state index in [4.69, 9.17) is 16.6 Å². The molecule has 0 saturated carbocycles. The standard InChI is InChI=1S/C23H21ClN2O/c1-15-10-12-16(13-11-15)20-14-21(18-7-3-5-9-22(18)27)26-23(25-20)17-6-2-4-8-19(17)24/h2-13,21,23,26-27H,14H2,1H3/t21-,23-/m1/s1. The van der Waals surface area contributed by atoms with Crippen LogP contribution in [-0.4, -0.2) is 10.8 Å². The van der Waals surface area contributed by atoms with Crippen LogP contribution in [-0.2, 0) is 0 Å². The molecule has 0 saturated heterocycles. The Morgan fingerprint density at radius 2 is 1.59 bits per heavy atom. The number of halogens is 1. The predicted molar refractivity (Wildman–Crippen MR) is 111 cm³/mol. The Kier molecular flexibility index (Phi) is 4.97. The second-order valence-corrected chi connectivity index (χ2v) is 7.26. The number of phenols is 1. The lowest BCUT2D eigenvalue weighted by Gasteiger charge is -2.31. The van der Waals surface area contributed by atoms with E-state index < -0.39 is 0 Å². The Bertz CT molecular complexity index is 982. The van der Waals surface area contributed by atoms with E-state index in [0.29, 0.717) is 11.4 Å². The average molecular weight is 377 g/mol. The fourth-order valence-electron chi connectivity index (χ4n) is 3.47. The molecule has 0 radical (unpaired) electrons. The zero-order chi connectivity index (χ0) is 18.8. The van der Waals surface area contributed by atoms with E-state index >= 15 is 0 Å². The van der Waals surface area contributed by atoms with Crippen LogP contribution in [0.25, 0.3) is 0 Å². The van der Waals surface area contributed by atoms with Gasteiger partial charge in [0.05, 0.1) is 0 Å². The maximum atomic E-state index is 10.4. The van der Waals surface area contributed by atoms with Crippen molar-refractivity contribution in [2.45, 2.75) is 25.6 Å². The van der Waals surface area contributed by atoms with Crippen molar-refractivity contribution in [1.29, 1.82) is 0 Å². The van der Waals surface area contributed by atoms with Gasteiger partial charge in [-0.15, -0.1) is 0 Å². The predicted octanol–water partition coefficient (Wildman–Crippen LogP) is 5.58. The summed E-state index contributed by atoms with van der Waals surface area (Å²) in [6.45, 7) is 2.07. The first-order chi connectivity index (χ1) is 13.1. The summed E-state index contributed by atoms with van der Waals surface area (Å²) in [4.78, 5) is 4.96. The van der Waals surface area contributed by atoms with E-state index in [1.54, 1.807) is 6.07 Å². The van der Waals surface area contributed by atoms with Crippen molar-refractivity contribution in [2.24, 2.45) is 4.99 Å². The van der Waals surface area contributed by atoms with Crippen molar-refractivity contribution in [3.8, 4) is 5.75 Å². The molecule has 3 nitrogen and oxygen atoms in total. The zero-order valence-corrected chi connectivity index (χ0v) is 15.8. The number of hydrogen-bond acceptors (Lipinski definition) is 3. The molecule has 4 heteroatoms. The molecular weight excluding hydrogens is 356 g/mol. The summed E-state index contributed by atoms with van der Waals surface area (Å²) in [6, 6.07) is 23.5. The number of nitrogens with zero attached hydrogens (tertiary/aromatic N) is 1. The number of aromatic hydroxyl groups is 1. The summed E-state index contributed by atoms with van der Waals surface area (Å²) in [5, 5.41) is 14.6. The van der Waals surface area contributed by atoms with Gasteiger partial charge in [0.15, 0.2) is 0 Å². The van der Waals surface area contributed by atoms with Crippen LogP contribution in [0.2, 0.25) is 5.02 Å². The van der Waals surface area contributed by atoms with Crippen molar-refractivity contribution < 1.29 is 5.11 Å². The fraction of sp³-hybridized carbons (Fsp3) is 0.174. The minimum Gasteiger partial charge on any atom is -0.508 e. The van der Waals surface area contributed by atoms with Gasteiger partial charge in [0.25, 0.3) is 0 Å². The van der Waals surface area contributed by atoms with Gasteiger partial charge in [0.1, 0.15) is 11.9 Å². The highest BCUT2D eigenvalue weighted by Gasteiger charge is 2.28. The molecule has 1 heterocycles. The zero-order valence-electron chi connectivity index (χ0n) is 15.1. The summed E-state index contributed by atoms with van der Waals surface area (Å²) in [7, 11) is 0. The number of aliphatic imine (C=N–C) groups is 1. The molecular formula is C23H21ClN2O. The quantitative estimate of drug-likeness (QED) is 0.627. The normalized spacial score (nSPS) is 19.6. The number of para-hydroxylation sites is 1. The summed E-state index contributed by atoms with van der Waals surface area (Å²) >= 11 is 6.44. The summed E-state index contributed by atoms with van der Waals surface area (Å²) in [5.41, 5.74) is 5.12. The third-order valence-electron chi connectivity index (χ3n) is 4.94. The van der Waals surface area contributed by atoms with Crippen molar-refractivity contribution >= 4 is 17.3 Å². The Balaban J connectivity index is 1.78. The largest absolute Gasteiger partial charge is 0.508 e. The Morgan fingerprint density at radius 3 is 2.30 bits per heavy atom. The molecule has 1 aliphatic rings. The van der Waals surface area contributed by atoms with Crippen LogP contribution >= 0.6 is 11.6 Å². The molecule has 3 aromatic carbocycles. The van der Waals surface area contributed by atoms with Crippen molar-refractivity contribution in [1.82, 2.24) is 5.32 Å². The molecule has 0 bridgehead atoms. The Labute approximate surface area is 164 Å². The van der Waals surface area contributed by atoms with Gasteiger partial charge in [-0.3, -0.25) is 10.3 Å². The van der Waals surface area contributed by atoms with Crippen LogP contribution in [0, 0.1) is 6.92 Å². The number of benzene rings is 3. The first-order valence-corrected chi connectivity index (χ1v) is 9.41. The minimum absolute atomic E-state index is 0.0544. The average Bonchev–Trinajstić information content (AvgIpc) is 2.69. The smallest absolute Gasteiger partial charge is 0.127 e. The first-order valence-electron chi connectivity index (χ1n) is 9.04. The fourth-order valence-corrected chi connectivity index (χ4v) is 3.70. The van der Waals surface area contributed by atoms with Crippen LogP contribution < -0.4 is 5.32 Å². The van der Waals surface area contributed by atoms with E-state index in [1.807, 2.05) is 42.5 Å². The number of phenolic OH excluding ortho intramolecular Hbond substituents is 1. The van der Waals surface area contributed by atoms with Gasteiger partial charge in [0, 0.05) is 34.3 Å². The lowest BCUT2D eigenvalue weighted by atomic mass is 9.93. The van der Waals surface area contributed by atoms with E-state index in [9.17, 15) is 5.11 Å². The number of hydrogen-bond donors (Lipinski definition) is 2. The van der Waals surface area contributed by atoms with Crippen LogP contribution in [0.1, 0.15) is 40.9 Å². The Hall–Kier alpha value is -2.62. The maximum absolute atomic E-state index is 10.4.